The lowest BCUT2D eigenvalue weighted by molar-refractivity contribution is -0.00695. The van der Waals surface area contributed by atoms with Crippen molar-refractivity contribution < 1.29 is 13.9 Å². The van der Waals surface area contributed by atoms with E-state index in [2.05, 4.69) is 26.1 Å². The number of halogens is 2. The molecule has 1 rings (SSSR count). The summed E-state index contributed by atoms with van der Waals surface area (Å²) in [4.78, 5) is 0. The topological polar surface area (TPSA) is 32.3 Å². The minimum absolute atomic E-state index is 0.00880. The third-order valence-corrected chi connectivity index (χ3v) is 3.29. The summed E-state index contributed by atoms with van der Waals surface area (Å²) in [6.07, 6.45) is -1.00. The summed E-state index contributed by atoms with van der Waals surface area (Å²) in [7, 11) is 0. The molecule has 0 amide bonds. The lowest BCUT2D eigenvalue weighted by atomic mass is 9.70. The van der Waals surface area contributed by atoms with Crippen LogP contribution in [0.3, 0.4) is 0 Å². The SMILES string of the molecule is CC1CC(NCC(O)C(F)F)CC(C)(C)C1. The Labute approximate surface area is 96.4 Å². The van der Waals surface area contributed by atoms with Gasteiger partial charge >= 0.3 is 0 Å². The quantitative estimate of drug-likeness (QED) is 0.784. The lowest BCUT2D eigenvalue weighted by Crippen LogP contribution is -2.44. The normalized spacial score (nSPS) is 31.7. The van der Waals surface area contributed by atoms with Gasteiger partial charge in [-0.15, -0.1) is 0 Å². The standard InChI is InChI=1S/C12H23F2NO/c1-8-4-9(6-12(2,3)5-8)15-7-10(16)11(13)14/h8-11,15-16H,4-7H2,1-3H3. The van der Waals surface area contributed by atoms with E-state index in [4.69, 9.17) is 5.11 Å². The first-order chi connectivity index (χ1) is 7.30. The highest BCUT2D eigenvalue weighted by Gasteiger charge is 2.32. The summed E-state index contributed by atoms with van der Waals surface area (Å²) in [5.74, 6) is 0.616. The second-order valence-corrected chi connectivity index (χ2v) is 5.92. The van der Waals surface area contributed by atoms with Crippen molar-refractivity contribution in [3.05, 3.63) is 0 Å². The molecule has 0 radical (unpaired) electrons. The summed E-state index contributed by atoms with van der Waals surface area (Å²) in [5, 5.41) is 12.1. The van der Waals surface area contributed by atoms with Crippen molar-refractivity contribution in [2.45, 2.75) is 58.6 Å². The molecule has 0 aromatic heterocycles. The molecule has 0 aromatic rings. The van der Waals surface area contributed by atoms with Crippen molar-refractivity contribution in [3.8, 4) is 0 Å². The maximum Gasteiger partial charge on any atom is 0.265 e. The number of rotatable bonds is 4. The van der Waals surface area contributed by atoms with Crippen LogP contribution in [0.4, 0.5) is 8.78 Å². The zero-order chi connectivity index (χ0) is 12.3. The van der Waals surface area contributed by atoms with E-state index < -0.39 is 12.5 Å². The maximum absolute atomic E-state index is 12.1. The van der Waals surface area contributed by atoms with Gasteiger partial charge in [0.15, 0.2) is 0 Å². The van der Waals surface area contributed by atoms with Crippen LogP contribution in [-0.2, 0) is 0 Å². The molecule has 96 valence electrons. The molecule has 1 saturated carbocycles. The smallest absolute Gasteiger partial charge is 0.265 e. The Hall–Kier alpha value is -0.220. The Morgan fingerprint density at radius 1 is 1.38 bits per heavy atom. The molecule has 1 aliphatic carbocycles. The van der Waals surface area contributed by atoms with Gasteiger partial charge in [0.05, 0.1) is 0 Å². The Bertz CT molecular complexity index is 221. The molecule has 0 bridgehead atoms. The zero-order valence-corrected chi connectivity index (χ0v) is 10.3. The van der Waals surface area contributed by atoms with Gasteiger partial charge in [-0.3, -0.25) is 0 Å². The van der Waals surface area contributed by atoms with Gasteiger partial charge in [0, 0.05) is 12.6 Å². The first-order valence-corrected chi connectivity index (χ1v) is 6.00. The molecule has 16 heavy (non-hydrogen) atoms. The predicted octanol–water partition coefficient (Wildman–Crippen LogP) is 2.42. The van der Waals surface area contributed by atoms with Crippen molar-refractivity contribution in [2.75, 3.05) is 6.54 Å². The third-order valence-electron chi connectivity index (χ3n) is 3.29. The highest BCUT2D eigenvalue weighted by molar-refractivity contribution is 4.86. The number of hydrogen-bond donors (Lipinski definition) is 2. The van der Waals surface area contributed by atoms with Gasteiger partial charge in [0.2, 0.25) is 0 Å². The van der Waals surface area contributed by atoms with Gasteiger partial charge in [0.1, 0.15) is 6.10 Å². The van der Waals surface area contributed by atoms with Crippen LogP contribution >= 0.6 is 0 Å². The van der Waals surface area contributed by atoms with Gasteiger partial charge in [0.25, 0.3) is 6.43 Å². The molecule has 0 aliphatic heterocycles. The second-order valence-electron chi connectivity index (χ2n) is 5.92. The van der Waals surface area contributed by atoms with E-state index in [1.807, 2.05) is 0 Å². The van der Waals surface area contributed by atoms with E-state index >= 15 is 0 Å². The van der Waals surface area contributed by atoms with Crippen LogP contribution in [0, 0.1) is 11.3 Å². The Morgan fingerprint density at radius 2 is 2.00 bits per heavy atom. The van der Waals surface area contributed by atoms with E-state index in [1.165, 1.54) is 6.42 Å². The van der Waals surface area contributed by atoms with Crippen LogP contribution in [-0.4, -0.2) is 30.2 Å². The minimum atomic E-state index is -2.65. The first kappa shape index (κ1) is 13.8. The Morgan fingerprint density at radius 3 is 2.50 bits per heavy atom. The first-order valence-electron chi connectivity index (χ1n) is 6.00. The van der Waals surface area contributed by atoms with Gasteiger partial charge in [-0.25, -0.2) is 8.78 Å². The second kappa shape index (κ2) is 5.41. The van der Waals surface area contributed by atoms with Crippen molar-refractivity contribution in [2.24, 2.45) is 11.3 Å². The molecule has 0 spiro atoms. The van der Waals surface area contributed by atoms with Crippen LogP contribution in [0.2, 0.25) is 0 Å². The van der Waals surface area contributed by atoms with E-state index in [9.17, 15) is 8.78 Å². The molecule has 0 saturated heterocycles. The number of alkyl halides is 2. The number of aliphatic hydroxyl groups is 1. The maximum atomic E-state index is 12.1. The Balaban J connectivity index is 2.37. The van der Waals surface area contributed by atoms with E-state index in [-0.39, 0.29) is 18.0 Å². The largest absolute Gasteiger partial charge is 0.386 e. The molecule has 2 nitrogen and oxygen atoms in total. The summed E-state index contributed by atoms with van der Waals surface area (Å²) >= 11 is 0. The average Bonchev–Trinajstić information content (AvgIpc) is 2.10. The number of aliphatic hydroxyl groups excluding tert-OH is 1. The molecule has 3 unspecified atom stereocenters. The highest BCUT2D eigenvalue weighted by atomic mass is 19.3. The van der Waals surface area contributed by atoms with Crippen LogP contribution < -0.4 is 5.32 Å². The fourth-order valence-electron chi connectivity index (χ4n) is 2.88. The van der Waals surface area contributed by atoms with Gasteiger partial charge in [-0.2, -0.15) is 0 Å². The van der Waals surface area contributed by atoms with E-state index in [1.54, 1.807) is 0 Å². The molecule has 1 aliphatic rings. The molecule has 0 heterocycles. The molecule has 3 atom stereocenters. The molecule has 1 fully saturated rings. The minimum Gasteiger partial charge on any atom is -0.386 e. The molecule has 0 aromatic carbocycles. The predicted molar refractivity (Wildman–Crippen MR) is 60.6 cm³/mol. The highest BCUT2D eigenvalue weighted by Crippen LogP contribution is 2.38. The summed E-state index contributed by atoms with van der Waals surface area (Å²) in [6.45, 7) is 6.60. The monoisotopic (exact) mass is 235 g/mol. The van der Waals surface area contributed by atoms with Crippen LogP contribution in [0.25, 0.3) is 0 Å². The number of hydrogen-bond acceptors (Lipinski definition) is 2. The summed E-state index contributed by atoms with van der Waals surface area (Å²) < 4.78 is 24.2. The molecule has 2 N–H and O–H groups in total. The van der Waals surface area contributed by atoms with Gasteiger partial charge in [-0.05, 0) is 30.6 Å². The summed E-state index contributed by atoms with van der Waals surface area (Å²) in [5.41, 5.74) is 0.269. The van der Waals surface area contributed by atoms with Crippen molar-refractivity contribution in [3.63, 3.8) is 0 Å². The van der Waals surface area contributed by atoms with Crippen LogP contribution in [0.15, 0.2) is 0 Å². The zero-order valence-electron chi connectivity index (χ0n) is 10.3. The van der Waals surface area contributed by atoms with Gasteiger partial charge < -0.3 is 10.4 Å². The van der Waals surface area contributed by atoms with E-state index in [0.717, 1.165) is 12.8 Å². The van der Waals surface area contributed by atoms with Crippen molar-refractivity contribution in [1.29, 1.82) is 0 Å². The molecular weight excluding hydrogens is 212 g/mol. The fraction of sp³-hybridized carbons (Fsp3) is 1.00. The van der Waals surface area contributed by atoms with Crippen molar-refractivity contribution >= 4 is 0 Å². The average molecular weight is 235 g/mol. The lowest BCUT2D eigenvalue weighted by Gasteiger charge is -2.39. The van der Waals surface area contributed by atoms with Crippen LogP contribution in [0.1, 0.15) is 40.0 Å². The molecular formula is C12H23F2NO. The van der Waals surface area contributed by atoms with Crippen molar-refractivity contribution in [1.82, 2.24) is 5.32 Å². The number of nitrogens with one attached hydrogen (secondary N) is 1. The van der Waals surface area contributed by atoms with Gasteiger partial charge in [-0.1, -0.05) is 20.8 Å². The molecule has 4 heteroatoms. The summed E-state index contributed by atoms with van der Waals surface area (Å²) in [6, 6.07) is 0.257. The van der Waals surface area contributed by atoms with E-state index in [0.29, 0.717) is 5.92 Å². The fourth-order valence-corrected chi connectivity index (χ4v) is 2.88. The van der Waals surface area contributed by atoms with Crippen LogP contribution in [0.5, 0.6) is 0 Å². The Kier molecular flexibility index (Phi) is 4.68. The third kappa shape index (κ3) is 4.34.